The quantitative estimate of drug-likeness (QED) is 0.344. The maximum Gasteiger partial charge on any atom is 0.0716 e. The molecule has 5 rings (SSSR count). The normalized spacial score (nSPS) is 14.6. The number of hydrogen-bond acceptors (Lipinski definition) is 2. The molecule has 2 aromatic heterocycles. The van der Waals surface area contributed by atoms with Gasteiger partial charge in [0.25, 0.3) is 0 Å². The van der Waals surface area contributed by atoms with Gasteiger partial charge in [0.05, 0.1) is 13.9 Å². The van der Waals surface area contributed by atoms with E-state index in [1.807, 2.05) is 30.3 Å². The zero-order valence-electron chi connectivity index (χ0n) is 19.1. The van der Waals surface area contributed by atoms with Crippen LogP contribution in [0.5, 0.6) is 0 Å². The van der Waals surface area contributed by atoms with Gasteiger partial charge in [0.2, 0.25) is 0 Å². The first kappa shape index (κ1) is 9.50. The summed E-state index contributed by atoms with van der Waals surface area (Å²) in [4.78, 5) is 4.42. The van der Waals surface area contributed by atoms with E-state index in [2.05, 4.69) is 4.98 Å². The molecule has 5 aromatic rings. The third-order valence-electron chi connectivity index (χ3n) is 4.17. The van der Waals surface area contributed by atoms with Crippen molar-refractivity contribution in [2.24, 2.45) is 0 Å². The topological polar surface area (TPSA) is 12.9 Å². The van der Waals surface area contributed by atoms with Crippen molar-refractivity contribution in [2.75, 3.05) is 0 Å². The molecular weight excluding hydrogens is 322 g/mol. The van der Waals surface area contributed by atoms with Crippen molar-refractivity contribution in [3.8, 4) is 22.4 Å². The molecule has 0 saturated heterocycles. The Hall–Kier alpha value is -2.97. The molecule has 0 amide bonds. The standard InChI is InChI=1S/C23H15NS/c1-2-7-16(8-3-1)17-12-13-18-19-9-6-10-20(21-11-4-5-14-24-21)23(19)25-22(18)15-17/h1-15H/i1D,2D,3D,4D,7D,8D. The number of thiophene rings is 1. The fraction of sp³-hybridized carbons (Fsp3) is 0. The third-order valence-corrected chi connectivity index (χ3v) is 5.37. The fourth-order valence-corrected chi connectivity index (χ4v) is 4.29. The highest BCUT2D eigenvalue weighted by Crippen LogP contribution is 2.40. The van der Waals surface area contributed by atoms with E-state index in [1.165, 1.54) is 0 Å². The molecule has 3 aromatic carbocycles. The number of benzene rings is 3. The Bertz CT molecular complexity index is 1480. The van der Waals surface area contributed by atoms with Crippen LogP contribution in [0.4, 0.5) is 0 Å². The summed E-state index contributed by atoms with van der Waals surface area (Å²) in [5.74, 6) is 0. The van der Waals surface area contributed by atoms with Crippen LogP contribution in [0, 0.1) is 0 Å². The molecule has 0 spiro atoms. The maximum atomic E-state index is 8.26. The van der Waals surface area contributed by atoms with E-state index >= 15 is 0 Å². The second kappa shape index (κ2) is 5.83. The van der Waals surface area contributed by atoms with Gasteiger partial charge in [-0.3, -0.25) is 4.98 Å². The van der Waals surface area contributed by atoms with Crippen LogP contribution in [0.15, 0.2) is 91.0 Å². The number of aromatic nitrogens is 1. The molecule has 0 atom stereocenters. The summed E-state index contributed by atoms with van der Waals surface area (Å²) in [6.45, 7) is 0. The molecule has 118 valence electrons. The average molecular weight is 343 g/mol. The molecule has 0 aliphatic carbocycles. The lowest BCUT2D eigenvalue weighted by atomic mass is 10.0. The van der Waals surface area contributed by atoms with E-state index in [0.717, 1.165) is 31.4 Å². The van der Waals surface area contributed by atoms with Crippen molar-refractivity contribution >= 4 is 31.5 Å². The van der Waals surface area contributed by atoms with Gasteiger partial charge in [-0.05, 0) is 29.3 Å². The van der Waals surface area contributed by atoms with Crippen molar-refractivity contribution in [1.29, 1.82) is 0 Å². The maximum absolute atomic E-state index is 8.26. The first-order valence-electron chi connectivity index (χ1n) is 10.8. The molecule has 0 aliphatic heterocycles. The molecule has 0 aliphatic rings. The average Bonchev–Trinajstić information content (AvgIpc) is 3.14. The minimum Gasteiger partial charge on any atom is -0.256 e. The molecule has 0 N–H and O–H groups in total. The first-order valence-corrected chi connectivity index (χ1v) is 8.64. The van der Waals surface area contributed by atoms with Crippen LogP contribution in [0.25, 0.3) is 42.6 Å². The van der Waals surface area contributed by atoms with Crippen molar-refractivity contribution in [3.05, 3.63) is 91.0 Å². The van der Waals surface area contributed by atoms with Gasteiger partial charge in [-0.2, -0.15) is 0 Å². The number of pyridine rings is 1. The summed E-state index contributed by atoms with van der Waals surface area (Å²) < 4.78 is 50.1. The summed E-state index contributed by atoms with van der Waals surface area (Å²) in [6, 6.07) is 13.9. The van der Waals surface area contributed by atoms with Crippen molar-refractivity contribution in [3.63, 3.8) is 0 Å². The summed E-state index contributed by atoms with van der Waals surface area (Å²) in [7, 11) is 0. The molecule has 0 unspecified atom stereocenters. The van der Waals surface area contributed by atoms with Crippen LogP contribution >= 0.6 is 11.3 Å². The molecule has 1 nitrogen and oxygen atoms in total. The second-order valence-corrected chi connectivity index (χ2v) is 6.69. The van der Waals surface area contributed by atoms with Crippen LogP contribution in [0.1, 0.15) is 8.22 Å². The molecule has 0 radical (unpaired) electrons. The second-order valence-electron chi connectivity index (χ2n) is 5.64. The lowest BCUT2D eigenvalue weighted by Gasteiger charge is -2.02. The van der Waals surface area contributed by atoms with Gasteiger partial charge >= 0.3 is 0 Å². The fourth-order valence-electron chi connectivity index (χ4n) is 3.02. The number of nitrogens with zero attached hydrogens (tertiary/aromatic N) is 1. The minimum atomic E-state index is -0.393. The lowest BCUT2D eigenvalue weighted by molar-refractivity contribution is 1.33. The molecule has 25 heavy (non-hydrogen) atoms. The Labute approximate surface area is 158 Å². The number of fused-ring (bicyclic) bond motifs is 3. The SMILES string of the molecule is [2H]c1ccnc(-c2cccc3c2sc2cc(-c4c([2H])c([2H])c([2H])c([2H])c4[2H])ccc23)c1. The zero-order chi connectivity index (χ0) is 21.9. The Kier molecular flexibility index (Phi) is 2.22. The van der Waals surface area contributed by atoms with E-state index in [9.17, 15) is 0 Å². The Balaban J connectivity index is 1.76. The predicted molar refractivity (Wildman–Crippen MR) is 108 cm³/mol. The largest absolute Gasteiger partial charge is 0.256 e. The van der Waals surface area contributed by atoms with Crippen LogP contribution < -0.4 is 0 Å². The molecular formula is C23H15NS. The third kappa shape index (κ3) is 2.43. The number of hydrogen-bond donors (Lipinski definition) is 0. The molecule has 0 saturated carbocycles. The molecule has 2 heteroatoms. The summed E-state index contributed by atoms with van der Waals surface area (Å²) in [5, 5.41) is 2.09. The van der Waals surface area contributed by atoms with Crippen molar-refractivity contribution in [2.45, 2.75) is 0 Å². The highest BCUT2D eigenvalue weighted by atomic mass is 32.1. The van der Waals surface area contributed by atoms with Crippen molar-refractivity contribution < 1.29 is 8.22 Å². The Morgan fingerprint density at radius 1 is 0.800 bits per heavy atom. The Morgan fingerprint density at radius 2 is 1.72 bits per heavy atom. The van der Waals surface area contributed by atoms with E-state index in [-0.39, 0.29) is 29.7 Å². The van der Waals surface area contributed by atoms with Crippen LogP contribution in [-0.2, 0) is 0 Å². The monoisotopic (exact) mass is 343 g/mol. The van der Waals surface area contributed by atoms with E-state index < -0.39 is 6.04 Å². The van der Waals surface area contributed by atoms with E-state index in [4.69, 9.17) is 8.22 Å². The van der Waals surface area contributed by atoms with E-state index in [1.54, 1.807) is 35.7 Å². The summed E-state index contributed by atoms with van der Waals surface area (Å²) in [5.41, 5.74) is 2.46. The molecule has 0 fully saturated rings. The number of rotatable bonds is 2. The smallest absolute Gasteiger partial charge is 0.0716 e. The predicted octanol–water partition coefficient (Wildman–Crippen LogP) is 6.78. The summed E-state index contributed by atoms with van der Waals surface area (Å²) >= 11 is 1.57. The zero-order valence-corrected chi connectivity index (χ0v) is 13.9. The van der Waals surface area contributed by atoms with Gasteiger partial charge in [0, 0.05) is 31.9 Å². The van der Waals surface area contributed by atoms with Crippen LogP contribution in [0.3, 0.4) is 0 Å². The van der Waals surface area contributed by atoms with Gasteiger partial charge in [0.15, 0.2) is 0 Å². The van der Waals surface area contributed by atoms with Crippen LogP contribution in [-0.4, -0.2) is 4.98 Å². The summed E-state index contributed by atoms with van der Waals surface area (Å²) in [6.07, 6.45) is 1.63. The van der Waals surface area contributed by atoms with E-state index in [0.29, 0.717) is 11.6 Å². The highest BCUT2D eigenvalue weighted by Gasteiger charge is 2.11. The van der Waals surface area contributed by atoms with Gasteiger partial charge in [-0.1, -0.05) is 66.6 Å². The van der Waals surface area contributed by atoms with Crippen molar-refractivity contribution in [1.82, 2.24) is 4.98 Å². The van der Waals surface area contributed by atoms with Gasteiger partial charge in [-0.15, -0.1) is 11.3 Å². The molecule has 2 heterocycles. The Morgan fingerprint density at radius 3 is 2.60 bits per heavy atom. The van der Waals surface area contributed by atoms with Gasteiger partial charge < -0.3 is 0 Å². The van der Waals surface area contributed by atoms with Gasteiger partial charge in [0.1, 0.15) is 0 Å². The highest BCUT2D eigenvalue weighted by molar-refractivity contribution is 7.26. The molecule has 0 bridgehead atoms. The van der Waals surface area contributed by atoms with Crippen LogP contribution in [0.2, 0.25) is 0 Å². The first-order chi connectivity index (χ1) is 14.9. The lowest BCUT2D eigenvalue weighted by Crippen LogP contribution is -1.81. The minimum absolute atomic E-state index is 0.203. The van der Waals surface area contributed by atoms with Gasteiger partial charge in [-0.25, -0.2) is 0 Å².